The van der Waals surface area contributed by atoms with Crippen LogP contribution in [-0.4, -0.2) is 30.3 Å². The van der Waals surface area contributed by atoms with Crippen LogP contribution in [0.5, 0.6) is 11.5 Å². The molecule has 0 radical (unpaired) electrons. The molecule has 2 N–H and O–H groups in total. The number of rotatable bonds is 6. The summed E-state index contributed by atoms with van der Waals surface area (Å²) in [6, 6.07) is 11.3. The molecule has 1 amide bonds. The van der Waals surface area contributed by atoms with E-state index in [0.717, 1.165) is 22.2 Å². The van der Waals surface area contributed by atoms with E-state index in [1.165, 1.54) is 0 Å². The first kappa shape index (κ1) is 15.9. The van der Waals surface area contributed by atoms with Gasteiger partial charge in [-0.15, -0.1) is 0 Å². The van der Waals surface area contributed by atoms with Crippen LogP contribution in [0.2, 0.25) is 0 Å². The topological polar surface area (TPSA) is 76.2 Å². The number of H-pyrrole nitrogens is 1. The smallest absolute Gasteiger partial charge is 0.224 e. The number of anilines is 1. The molecule has 0 fully saturated rings. The molecule has 0 spiro atoms. The number of carbonyl (C=O) groups is 1. The van der Waals surface area contributed by atoms with Crippen molar-refractivity contribution in [2.75, 3.05) is 19.5 Å². The molecule has 0 saturated carbocycles. The Balaban J connectivity index is 1.66. The second kappa shape index (κ2) is 7.04. The van der Waals surface area contributed by atoms with Gasteiger partial charge in [0.1, 0.15) is 11.5 Å². The molecule has 1 aromatic heterocycles. The number of aromatic nitrogens is 2. The number of nitrogens with zero attached hydrogens (tertiary/aromatic N) is 1. The molecule has 2 aromatic carbocycles. The highest BCUT2D eigenvalue weighted by atomic mass is 16.5. The first-order valence-corrected chi connectivity index (χ1v) is 7.63. The minimum absolute atomic E-state index is 0.0566. The molecule has 24 heavy (non-hydrogen) atoms. The Morgan fingerprint density at radius 2 is 1.92 bits per heavy atom. The van der Waals surface area contributed by atoms with Gasteiger partial charge < -0.3 is 14.8 Å². The van der Waals surface area contributed by atoms with Gasteiger partial charge in [0.05, 0.1) is 31.6 Å². The molecule has 124 valence electrons. The summed E-state index contributed by atoms with van der Waals surface area (Å²) in [5, 5.41) is 10.8. The van der Waals surface area contributed by atoms with E-state index in [9.17, 15) is 4.79 Å². The SMILES string of the molecule is COc1cc(CCC(=O)Nc2cccc3cn[nH]c23)cc(OC)c1. The Kier molecular flexibility index (Phi) is 4.65. The first-order chi connectivity index (χ1) is 11.7. The third-order valence-corrected chi connectivity index (χ3v) is 3.80. The summed E-state index contributed by atoms with van der Waals surface area (Å²) in [6.45, 7) is 0. The van der Waals surface area contributed by atoms with Crippen LogP contribution in [0.3, 0.4) is 0 Å². The van der Waals surface area contributed by atoms with Gasteiger partial charge in [-0.2, -0.15) is 5.10 Å². The zero-order valence-electron chi connectivity index (χ0n) is 13.6. The minimum atomic E-state index is -0.0566. The zero-order chi connectivity index (χ0) is 16.9. The number of fused-ring (bicyclic) bond motifs is 1. The molecule has 0 bridgehead atoms. The molecule has 0 aliphatic heterocycles. The van der Waals surface area contributed by atoms with Gasteiger partial charge in [0, 0.05) is 17.9 Å². The third-order valence-electron chi connectivity index (χ3n) is 3.80. The number of amides is 1. The number of para-hydroxylation sites is 1. The van der Waals surface area contributed by atoms with E-state index in [4.69, 9.17) is 9.47 Å². The quantitative estimate of drug-likeness (QED) is 0.730. The Morgan fingerprint density at radius 3 is 2.62 bits per heavy atom. The largest absolute Gasteiger partial charge is 0.497 e. The maximum Gasteiger partial charge on any atom is 0.224 e. The van der Waals surface area contributed by atoms with E-state index < -0.39 is 0 Å². The highest BCUT2D eigenvalue weighted by molar-refractivity contribution is 6.00. The Morgan fingerprint density at radius 1 is 1.17 bits per heavy atom. The third kappa shape index (κ3) is 3.48. The second-order valence-corrected chi connectivity index (χ2v) is 5.41. The predicted octanol–water partition coefficient (Wildman–Crippen LogP) is 3.15. The van der Waals surface area contributed by atoms with Crippen molar-refractivity contribution < 1.29 is 14.3 Å². The molecule has 1 heterocycles. The van der Waals surface area contributed by atoms with Gasteiger partial charge in [0.15, 0.2) is 0 Å². The van der Waals surface area contributed by atoms with Gasteiger partial charge in [0.25, 0.3) is 0 Å². The number of ether oxygens (including phenoxy) is 2. The van der Waals surface area contributed by atoms with E-state index >= 15 is 0 Å². The maximum absolute atomic E-state index is 12.3. The van der Waals surface area contributed by atoms with Crippen molar-refractivity contribution in [2.24, 2.45) is 0 Å². The van der Waals surface area contributed by atoms with Crippen LogP contribution in [0.15, 0.2) is 42.6 Å². The fourth-order valence-corrected chi connectivity index (χ4v) is 2.55. The molecule has 3 rings (SSSR count). The standard InChI is InChI=1S/C18H19N3O3/c1-23-14-8-12(9-15(10-14)24-2)6-7-17(22)20-16-5-3-4-13-11-19-21-18(13)16/h3-5,8-11H,6-7H2,1-2H3,(H,19,21)(H,20,22). The average molecular weight is 325 g/mol. The minimum Gasteiger partial charge on any atom is -0.497 e. The Hall–Kier alpha value is -3.02. The van der Waals surface area contributed by atoms with Crippen molar-refractivity contribution in [3.8, 4) is 11.5 Å². The van der Waals surface area contributed by atoms with E-state index in [0.29, 0.717) is 24.3 Å². The summed E-state index contributed by atoms with van der Waals surface area (Å²) >= 11 is 0. The first-order valence-electron chi connectivity index (χ1n) is 7.63. The van der Waals surface area contributed by atoms with Gasteiger partial charge in [-0.1, -0.05) is 12.1 Å². The molecule has 0 saturated heterocycles. The monoisotopic (exact) mass is 325 g/mol. The van der Waals surface area contributed by atoms with Crippen molar-refractivity contribution in [2.45, 2.75) is 12.8 Å². The number of methoxy groups -OCH3 is 2. The Labute approximate surface area is 139 Å². The zero-order valence-corrected chi connectivity index (χ0v) is 13.6. The fraction of sp³-hybridized carbons (Fsp3) is 0.222. The van der Waals surface area contributed by atoms with E-state index in [1.807, 2.05) is 36.4 Å². The highest BCUT2D eigenvalue weighted by Crippen LogP contribution is 2.24. The highest BCUT2D eigenvalue weighted by Gasteiger charge is 2.09. The molecule has 6 nitrogen and oxygen atoms in total. The molecule has 0 unspecified atom stereocenters. The van der Waals surface area contributed by atoms with E-state index in [-0.39, 0.29) is 5.91 Å². The molecule has 3 aromatic rings. The second-order valence-electron chi connectivity index (χ2n) is 5.41. The van der Waals surface area contributed by atoms with E-state index in [2.05, 4.69) is 15.5 Å². The van der Waals surface area contributed by atoms with Crippen molar-refractivity contribution in [1.82, 2.24) is 10.2 Å². The number of aromatic amines is 1. The molecular weight excluding hydrogens is 306 g/mol. The van der Waals surface area contributed by atoms with Gasteiger partial charge in [-0.25, -0.2) is 0 Å². The molecule has 0 aliphatic carbocycles. The normalized spacial score (nSPS) is 10.6. The summed E-state index contributed by atoms with van der Waals surface area (Å²) < 4.78 is 10.5. The van der Waals surface area contributed by atoms with Crippen LogP contribution >= 0.6 is 0 Å². The average Bonchev–Trinajstić information content (AvgIpc) is 3.09. The molecular formula is C18H19N3O3. The summed E-state index contributed by atoms with van der Waals surface area (Å²) in [5.41, 5.74) is 2.55. The van der Waals surface area contributed by atoms with Crippen LogP contribution in [0.4, 0.5) is 5.69 Å². The van der Waals surface area contributed by atoms with Crippen LogP contribution in [0.1, 0.15) is 12.0 Å². The van der Waals surface area contributed by atoms with Gasteiger partial charge >= 0.3 is 0 Å². The maximum atomic E-state index is 12.3. The summed E-state index contributed by atoms with van der Waals surface area (Å²) in [5.74, 6) is 1.37. The van der Waals surface area contributed by atoms with Crippen LogP contribution in [0, 0.1) is 0 Å². The molecule has 0 atom stereocenters. The Bertz CT molecular complexity index is 835. The molecule has 6 heteroatoms. The number of benzene rings is 2. The fourth-order valence-electron chi connectivity index (χ4n) is 2.55. The molecule has 0 aliphatic rings. The summed E-state index contributed by atoms with van der Waals surface area (Å²) in [6.07, 6.45) is 2.69. The van der Waals surface area contributed by atoms with E-state index in [1.54, 1.807) is 20.4 Å². The number of aryl methyl sites for hydroxylation is 1. The van der Waals surface area contributed by atoms with Crippen LogP contribution < -0.4 is 14.8 Å². The van der Waals surface area contributed by atoms with Crippen molar-refractivity contribution in [3.05, 3.63) is 48.2 Å². The lowest BCUT2D eigenvalue weighted by Gasteiger charge is -2.09. The number of carbonyl (C=O) groups excluding carboxylic acids is 1. The summed E-state index contributed by atoms with van der Waals surface area (Å²) in [4.78, 5) is 12.3. The van der Waals surface area contributed by atoms with Crippen LogP contribution in [0.25, 0.3) is 10.9 Å². The summed E-state index contributed by atoms with van der Waals surface area (Å²) in [7, 11) is 3.21. The number of hydrogen-bond acceptors (Lipinski definition) is 4. The lowest BCUT2D eigenvalue weighted by molar-refractivity contribution is -0.116. The van der Waals surface area contributed by atoms with Gasteiger partial charge in [-0.05, 0) is 30.2 Å². The lowest BCUT2D eigenvalue weighted by Crippen LogP contribution is -2.12. The van der Waals surface area contributed by atoms with Crippen molar-refractivity contribution in [1.29, 1.82) is 0 Å². The van der Waals surface area contributed by atoms with Gasteiger partial charge in [0.2, 0.25) is 5.91 Å². The lowest BCUT2D eigenvalue weighted by atomic mass is 10.1. The van der Waals surface area contributed by atoms with Crippen molar-refractivity contribution >= 4 is 22.5 Å². The van der Waals surface area contributed by atoms with Crippen LogP contribution in [-0.2, 0) is 11.2 Å². The van der Waals surface area contributed by atoms with Gasteiger partial charge in [-0.3, -0.25) is 9.89 Å². The number of nitrogens with one attached hydrogen (secondary N) is 2. The predicted molar refractivity (Wildman–Crippen MR) is 92.6 cm³/mol. The van der Waals surface area contributed by atoms with Crippen molar-refractivity contribution in [3.63, 3.8) is 0 Å². The number of hydrogen-bond donors (Lipinski definition) is 2.